The van der Waals surface area contributed by atoms with Crippen LogP contribution in [0.15, 0.2) is 71.5 Å². The summed E-state index contributed by atoms with van der Waals surface area (Å²) in [5.41, 5.74) is 2.26. The van der Waals surface area contributed by atoms with Crippen LogP contribution in [0.4, 0.5) is 0 Å². The van der Waals surface area contributed by atoms with Gasteiger partial charge >= 0.3 is 0 Å². The Morgan fingerprint density at radius 1 is 0.971 bits per heavy atom. The predicted molar refractivity (Wildman–Crippen MR) is 136 cm³/mol. The minimum Gasteiger partial charge on any atom is -0.492 e. The van der Waals surface area contributed by atoms with E-state index in [1.807, 2.05) is 42.5 Å². The van der Waals surface area contributed by atoms with E-state index in [4.69, 9.17) is 4.74 Å². The minimum atomic E-state index is -0.308. The van der Waals surface area contributed by atoms with Gasteiger partial charge in [-0.1, -0.05) is 56.3 Å². The zero-order valence-electron chi connectivity index (χ0n) is 20.5. The average Bonchev–Trinajstić information content (AvgIpc) is 2.84. The second kappa shape index (κ2) is 11.8. The van der Waals surface area contributed by atoms with Gasteiger partial charge in [0, 0.05) is 32.2 Å². The number of nitrogens with zero attached hydrogens (tertiary/aromatic N) is 3. The van der Waals surface area contributed by atoms with Gasteiger partial charge in [-0.3, -0.25) is 14.5 Å². The lowest BCUT2D eigenvalue weighted by molar-refractivity contribution is 0.0942. The molecule has 2 aromatic carbocycles. The molecule has 2 heterocycles. The number of nitrogens with one attached hydrogen (secondary N) is 1. The highest BCUT2D eigenvalue weighted by Crippen LogP contribution is 2.23. The Balaban J connectivity index is 1.35. The Morgan fingerprint density at radius 3 is 2.40 bits per heavy atom. The molecule has 2 atom stereocenters. The molecule has 1 amide bonds. The van der Waals surface area contributed by atoms with Crippen LogP contribution >= 0.6 is 0 Å². The maximum atomic E-state index is 12.8. The van der Waals surface area contributed by atoms with Gasteiger partial charge in [-0.15, -0.1) is 0 Å². The quantitative estimate of drug-likeness (QED) is 0.511. The molecule has 0 bridgehead atoms. The smallest absolute Gasteiger partial charge is 0.271 e. The summed E-state index contributed by atoms with van der Waals surface area (Å²) in [6, 6.07) is 20.5. The highest BCUT2D eigenvalue weighted by molar-refractivity contribution is 5.91. The van der Waals surface area contributed by atoms with Crippen LogP contribution in [0, 0.1) is 11.8 Å². The number of carbonyl (C=O) groups is 1. The van der Waals surface area contributed by atoms with Crippen LogP contribution in [0.1, 0.15) is 41.9 Å². The Bertz CT molecular complexity index is 1170. The lowest BCUT2D eigenvalue weighted by Crippen LogP contribution is -2.38. The molecule has 1 aromatic heterocycles. The van der Waals surface area contributed by atoms with Crippen LogP contribution in [0.2, 0.25) is 0 Å². The Kier molecular flexibility index (Phi) is 8.32. The van der Waals surface area contributed by atoms with Crippen molar-refractivity contribution >= 4 is 5.91 Å². The van der Waals surface area contributed by atoms with Crippen LogP contribution in [0.25, 0.3) is 0 Å². The number of carbonyl (C=O) groups excluding carboxylic acids is 1. The molecule has 4 rings (SSSR count). The lowest BCUT2D eigenvalue weighted by Gasteiger charge is -2.35. The number of piperidine rings is 1. The third-order valence-electron chi connectivity index (χ3n) is 6.31. The molecule has 7 heteroatoms. The van der Waals surface area contributed by atoms with Crippen molar-refractivity contribution in [2.24, 2.45) is 11.8 Å². The van der Waals surface area contributed by atoms with E-state index in [0.29, 0.717) is 18.4 Å². The number of ether oxygens (including phenoxy) is 1. The maximum Gasteiger partial charge on any atom is 0.271 e. The van der Waals surface area contributed by atoms with E-state index in [0.717, 1.165) is 30.9 Å². The average molecular weight is 475 g/mol. The molecule has 0 radical (unpaired) electrons. The Morgan fingerprint density at radius 2 is 1.66 bits per heavy atom. The molecule has 184 valence electrons. The largest absolute Gasteiger partial charge is 0.492 e. The highest BCUT2D eigenvalue weighted by atomic mass is 16.5. The van der Waals surface area contributed by atoms with Gasteiger partial charge in [-0.2, -0.15) is 5.10 Å². The summed E-state index contributed by atoms with van der Waals surface area (Å²) in [7, 11) is 0. The molecule has 1 saturated heterocycles. The fourth-order valence-electron chi connectivity index (χ4n) is 4.81. The Hall–Kier alpha value is -3.45. The topological polar surface area (TPSA) is 76.5 Å². The molecule has 7 nitrogen and oxygen atoms in total. The van der Waals surface area contributed by atoms with Crippen molar-refractivity contribution in [3.8, 4) is 5.75 Å². The molecule has 0 saturated carbocycles. The SMILES string of the molecule is CC1CC(C)CN(Cc2ccccc2CNC(=O)c2ccc(=O)n(CCOc3ccccc3)n2)C1. The first-order chi connectivity index (χ1) is 17.0. The highest BCUT2D eigenvalue weighted by Gasteiger charge is 2.22. The van der Waals surface area contributed by atoms with Crippen molar-refractivity contribution in [3.05, 3.63) is 93.9 Å². The first kappa shape index (κ1) is 24.7. The zero-order chi connectivity index (χ0) is 24.6. The van der Waals surface area contributed by atoms with E-state index in [1.165, 1.54) is 28.8 Å². The van der Waals surface area contributed by atoms with Crippen molar-refractivity contribution < 1.29 is 9.53 Å². The van der Waals surface area contributed by atoms with Crippen LogP contribution in [0.5, 0.6) is 5.75 Å². The number of rotatable bonds is 9. The molecule has 1 aliphatic rings. The first-order valence-corrected chi connectivity index (χ1v) is 12.3. The van der Waals surface area contributed by atoms with Crippen LogP contribution in [-0.4, -0.2) is 40.3 Å². The first-order valence-electron chi connectivity index (χ1n) is 12.3. The van der Waals surface area contributed by atoms with Gasteiger partial charge in [0.15, 0.2) is 0 Å². The lowest BCUT2D eigenvalue weighted by atomic mass is 9.91. The molecular weight excluding hydrogens is 440 g/mol. The fraction of sp³-hybridized carbons (Fsp3) is 0.393. The van der Waals surface area contributed by atoms with Crippen molar-refractivity contribution in [2.45, 2.75) is 39.9 Å². The molecular formula is C28H34N4O3. The molecule has 1 N–H and O–H groups in total. The van der Waals surface area contributed by atoms with E-state index in [2.05, 4.69) is 41.3 Å². The molecule has 1 fully saturated rings. The summed E-state index contributed by atoms with van der Waals surface area (Å²) in [6.07, 6.45) is 1.28. The Labute approximate surface area is 206 Å². The number of hydrogen-bond acceptors (Lipinski definition) is 5. The molecule has 35 heavy (non-hydrogen) atoms. The maximum absolute atomic E-state index is 12.8. The van der Waals surface area contributed by atoms with Crippen LogP contribution < -0.4 is 15.6 Å². The van der Waals surface area contributed by atoms with Crippen molar-refractivity contribution in [3.63, 3.8) is 0 Å². The monoisotopic (exact) mass is 474 g/mol. The molecule has 0 aliphatic carbocycles. The standard InChI is InChI=1S/C28H34N4O3/c1-21-16-22(2)19-31(18-21)20-24-9-7-6-8-23(24)17-29-28(34)26-12-13-27(33)32(30-26)14-15-35-25-10-4-3-5-11-25/h3-13,21-22H,14-20H2,1-2H3,(H,29,34). The summed E-state index contributed by atoms with van der Waals surface area (Å²) in [4.78, 5) is 27.5. The third kappa shape index (κ3) is 7.02. The van der Waals surface area contributed by atoms with Gasteiger partial charge in [0.1, 0.15) is 18.1 Å². The molecule has 0 spiro atoms. The summed E-state index contributed by atoms with van der Waals surface area (Å²) >= 11 is 0. The predicted octanol–water partition coefficient (Wildman–Crippen LogP) is 3.73. The van der Waals surface area contributed by atoms with Gasteiger partial charge < -0.3 is 10.1 Å². The number of aromatic nitrogens is 2. The van der Waals surface area contributed by atoms with E-state index < -0.39 is 0 Å². The van der Waals surface area contributed by atoms with Crippen LogP contribution in [0.3, 0.4) is 0 Å². The van der Waals surface area contributed by atoms with Gasteiger partial charge in [-0.05, 0) is 47.6 Å². The van der Waals surface area contributed by atoms with Crippen molar-refractivity contribution in [1.82, 2.24) is 20.0 Å². The summed E-state index contributed by atoms with van der Waals surface area (Å²) in [6.45, 7) is 8.66. The van der Waals surface area contributed by atoms with E-state index in [1.54, 1.807) is 0 Å². The normalized spacial score (nSPS) is 18.2. The third-order valence-corrected chi connectivity index (χ3v) is 6.31. The number of likely N-dealkylation sites (tertiary alicyclic amines) is 1. The van der Waals surface area contributed by atoms with E-state index in [9.17, 15) is 9.59 Å². The summed E-state index contributed by atoms with van der Waals surface area (Å²) in [5.74, 6) is 1.82. The second-order valence-electron chi connectivity index (χ2n) is 9.53. The fourth-order valence-corrected chi connectivity index (χ4v) is 4.81. The van der Waals surface area contributed by atoms with Crippen molar-refractivity contribution in [2.75, 3.05) is 19.7 Å². The second-order valence-corrected chi connectivity index (χ2v) is 9.53. The van der Waals surface area contributed by atoms with Crippen molar-refractivity contribution in [1.29, 1.82) is 0 Å². The van der Waals surface area contributed by atoms with Gasteiger partial charge in [0.05, 0.1) is 6.54 Å². The summed E-state index contributed by atoms with van der Waals surface area (Å²) in [5, 5.41) is 7.22. The van der Waals surface area contributed by atoms with Gasteiger partial charge in [0.25, 0.3) is 11.5 Å². The van der Waals surface area contributed by atoms with Gasteiger partial charge in [0.2, 0.25) is 0 Å². The van der Waals surface area contributed by atoms with E-state index >= 15 is 0 Å². The van der Waals surface area contributed by atoms with Crippen LogP contribution in [-0.2, 0) is 19.6 Å². The summed E-state index contributed by atoms with van der Waals surface area (Å²) < 4.78 is 6.92. The molecule has 2 unspecified atom stereocenters. The molecule has 1 aliphatic heterocycles. The molecule has 3 aromatic rings. The number of hydrogen-bond donors (Lipinski definition) is 1. The minimum absolute atomic E-state index is 0.209. The zero-order valence-corrected chi connectivity index (χ0v) is 20.5. The number of benzene rings is 2. The number of para-hydroxylation sites is 1. The van der Waals surface area contributed by atoms with E-state index in [-0.39, 0.29) is 30.3 Å². The van der Waals surface area contributed by atoms with Gasteiger partial charge in [-0.25, -0.2) is 4.68 Å². The number of amides is 1.